The fourth-order valence-electron chi connectivity index (χ4n) is 3.04. The van der Waals surface area contributed by atoms with Gasteiger partial charge in [0, 0.05) is 32.7 Å². The van der Waals surface area contributed by atoms with Crippen molar-refractivity contribution in [3.63, 3.8) is 0 Å². The van der Waals surface area contributed by atoms with Gasteiger partial charge in [-0.2, -0.15) is 0 Å². The van der Waals surface area contributed by atoms with Crippen molar-refractivity contribution in [2.45, 2.75) is 13.5 Å². The molecule has 9 heteroatoms. The van der Waals surface area contributed by atoms with Crippen molar-refractivity contribution in [2.75, 3.05) is 37.6 Å². The molecule has 1 saturated heterocycles. The van der Waals surface area contributed by atoms with E-state index in [9.17, 15) is 4.79 Å². The SMILES string of the molecule is CCNC(=NCc1ccc(C(N)=O)o1)N1CCN(c2ccccc2Cl)CC1.I. The number of nitrogens with zero attached hydrogens (tertiary/aromatic N) is 3. The van der Waals surface area contributed by atoms with Crippen LogP contribution in [0.2, 0.25) is 5.02 Å². The van der Waals surface area contributed by atoms with E-state index in [1.54, 1.807) is 12.1 Å². The number of nitrogens with two attached hydrogens (primary N) is 1. The number of primary amides is 1. The number of anilines is 1. The Hall–Kier alpha value is -1.94. The Morgan fingerprint density at radius 2 is 1.93 bits per heavy atom. The number of hydrogen-bond acceptors (Lipinski definition) is 4. The number of para-hydroxylation sites is 1. The van der Waals surface area contributed by atoms with Crippen LogP contribution in [0.15, 0.2) is 45.8 Å². The van der Waals surface area contributed by atoms with Crippen LogP contribution in [0.4, 0.5) is 5.69 Å². The van der Waals surface area contributed by atoms with Crippen molar-refractivity contribution >= 4 is 53.1 Å². The summed E-state index contributed by atoms with van der Waals surface area (Å²) in [5.41, 5.74) is 6.28. The number of carbonyl (C=O) groups excluding carboxylic acids is 1. The third-order valence-electron chi connectivity index (χ3n) is 4.40. The number of amides is 1. The number of piperazine rings is 1. The molecule has 2 aromatic rings. The average molecular weight is 518 g/mol. The number of furan rings is 1. The van der Waals surface area contributed by atoms with Crippen LogP contribution >= 0.6 is 35.6 Å². The minimum Gasteiger partial charge on any atom is -0.454 e. The Morgan fingerprint density at radius 3 is 2.54 bits per heavy atom. The van der Waals surface area contributed by atoms with Crippen LogP contribution in [-0.2, 0) is 6.54 Å². The summed E-state index contributed by atoms with van der Waals surface area (Å²) in [5.74, 6) is 1.01. The van der Waals surface area contributed by atoms with E-state index in [4.69, 9.17) is 21.8 Å². The molecule has 0 atom stereocenters. The van der Waals surface area contributed by atoms with Crippen molar-refractivity contribution in [3.05, 3.63) is 52.9 Å². The van der Waals surface area contributed by atoms with Crippen LogP contribution < -0.4 is 16.0 Å². The summed E-state index contributed by atoms with van der Waals surface area (Å²) in [6, 6.07) is 11.2. The largest absolute Gasteiger partial charge is 0.454 e. The molecule has 0 spiro atoms. The standard InChI is InChI=1S/C19H24ClN5O2.HI/c1-2-22-19(23-13-14-7-8-17(27-14)18(21)26)25-11-9-24(10-12-25)16-6-4-3-5-15(16)20;/h3-8H,2,9-13H2,1H3,(H2,21,26)(H,22,23);1H. The molecule has 1 aliphatic heterocycles. The van der Waals surface area contributed by atoms with E-state index in [1.165, 1.54) is 0 Å². The van der Waals surface area contributed by atoms with Crippen LogP contribution in [0, 0.1) is 0 Å². The average Bonchev–Trinajstić information content (AvgIpc) is 3.15. The molecule has 2 heterocycles. The van der Waals surface area contributed by atoms with Crippen LogP contribution in [0.5, 0.6) is 0 Å². The maximum absolute atomic E-state index is 11.1. The number of carbonyl (C=O) groups is 1. The Balaban J connectivity index is 0.00000280. The van der Waals surface area contributed by atoms with Crippen molar-refractivity contribution in [1.29, 1.82) is 0 Å². The molecule has 28 heavy (non-hydrogen) atoms. The monoisotopic (exact) mass is 517 g/mol. The first-order valence-electron chi connectivity index (χ1n) is 8.99. The molecule has 1 aromatic heterocycles. The second-order valence-electron chi connectivity index (χ2n) is 6.23. The Bertz CT molecular complexity index is 818. The number of rotatable bonds is 5. The van der Waals surface area contributed by atoms with Gasteiger partial charge in [-0.05, 0) is 31.2 Å². The third-order valence-corrected chi connectivity index (χ3v) is 4.72. The molecule has 1 fully saturated rings. The van der Waals surface area contributed by atoms with E-state index < -0.39 is 5.91 Å². The lowest BCUT2D eigenvalue weighted by Gasteiger charge is -2.38. The number of hydrogen-bond donors (Lipinski definition) is 2. The predicted octanol–water partition coefficient (Wildman–Crippen LogP) is 2.94. The summed E-state index contributed by atoms with van der Waals surface area (Å²) in [5, 5.41) is 4.09. The minimum atomic E-state index is -0.576. The molecule has 3 rings (SSSR count). The Labute approximate surface area is 186 Å². The summed E-state index contributed by atoms with van der Waals surface area (Å²) < 4.78 is 5.40. The predicted molar refractivity (Wildman–Crippen MR) is 123 cm³/mol. The van der Waals surface area contributed by atoms with E-state index in [0.717, 1.165) is 49.4 Å². The van der Waals surface area contributed by atoms with Gasteiger partial charge in [0.1, 0.15) is 12.3 Å². The molecule has 0 saturated carbocycles. The van der Waals surface area contributed by atoms with Crippen LogP contribution in [-0.4, -0.2) is 49.5 Å². The highest BCUT2D eigenvalue weighted by Gasteiger charge is 2.21. The lowest BCUT2D eigenvalue weighted by atomic mass is 10.2. The van der Waals surface area contributed by atoms with Gasteiger partial charge in [0.15, 0.2) is 11.7 Å². The van der Waals surface area contributed by atoms with Gasteiger partial charge >= 0.3 is 0 Å². The highest BCUT2D eigenvalue weighted by molar-refractivity contribution is 14.0. The summed E-state index contributed by atoms with van der Waals surface area (Å²) in [6.45, 7) is 6.55. The first-order chi connectivity index (χ1) is 13.1. The summed E-state index contributed by atoms with van der Waals surface area (Å²) >= 11 is 6.31. The fourth-order valence-corrected chi connectivity index (χ4v) is 3.30. The molecule has 1 aromatic carbocycles. The molecule has 3 N–H and O–H groups in total. The van der Waals surface area contributed by atoms with Crippen molar-refractivity contribution < 1.29 is 9.21 Å². The normalized spacial score (nSPS) is 14.6. The number of benzene rings is 1. The van der Waals surface area contributed by atoms with E-state index in [2.05, 4.69) is 20.1 Å². The van der Waals surface area contributed by atoms with Gasteiger partial charge in [-0.3, -0.25) is 4.79 Å². The molecule has 1 amide bonds. The molecule has 0 bridgehead atoms. The van der Waals surface area contributed by atoms with E-state index in [0.29, 0.717) is 12.3 Å². The second kappa shape index (κ2) is 10.6. The van der Waals surface area contributed by atoms with Crippen molar-refractivity contribution in [1.82, 2.24) is 10.2 Å². The highest BCUT2D eigenvalue weighted by Crippen LogP contribution is 2.26. The first kappa shape index (κ1) is 22.4. The fraction of sp³-hybridized carbons (Fsp3) is 0.368. The van der Waals surface area contributed by atoms with Gasteiger partial charge in [-0.1, -0.05) is 23.7 Å². The van der Waals surface area contributed by atoms with Crippen molar-refractivity contribution in [3.8, 4) is 0 Å². The van der Waals surface area contributed by atoms with Gasteiger partial charge in [-0.15, -0.1) is 24.0 Å². The number of nitrogens with one attached hydrogen (secondary N) is 1. The van der Waals surface area contributed by atoms with Gasteiger partial charge in [0.05, 0.1) is 10.7 Å². The van der Waals surface area contributed by atoms with Gasteiger partial charge in [0.2, 0.25) is 0 Å². The lowest BCUT2D eigenvalue weighted by Crippen LogP contribution is -2.52. The molecular formula is C19H25ClIN5O2. The summed E-state index contributed by atoms with van der Waals surface area (Å²) in [4.78, 5) is 20.3. The van der Waals surface area contributed by atoms with Crippen LogP contribution in [0.25, 0.3) is 0 Å². The first-order valence-corrected chi connectivity index (χ1v) is 9.37. The maximum Gasteiger partial charge on any atom is 0.284 e. The number of guanidine groups is 1. The van der Waals surface area contributed by atoms with Gasteiger partial charge in [0.25, 0.3) is 5.91 Å². The molecular weight excluding hydrogens is 493 g/mol. The summed E-state index contributed by atoms with van der Waals surface area (Å²) in [6.07, 6.45) is 0. The molecule has 0 unspecified atom stereocenters. The van der Waals surface area contributed by atoms with Gasteiger partial charge in [-0.25, -0.2) is 4.99 Å². The van der Waals surface area contributed by atoms with E-state index in [-0.39, 0.29) is 29.7 Å². The topological polar surface area (TPSA) is 87.1 Å². The maximum atomic E-state index is 11.1. The lowest BCUT2D eigenvalue weighted by molar-refractivity contribution is 0.0972. The molecule has 0 radical (unpaired) electrons. The summed E-state index contributed by atoms with van der Waals surface area (Å²) in [7, 11) is 0. The Kier molecular flexibility index (Phi) is 8.43. The third kappa shape index (κ3) is 5.54. The van der Waals surface area contributed by atoms with Crippen LogP contribution in [0.3, 0.4) is 0 Å². The molecule has 0 aliphatic carbocycles. The van der Waals surface area contributed by atoms with Crippen LogP contribution in [0.1, 0.15) is 23.2 Å². The molecule has 1 aliphatic rings. The minimum absolute atomic E-state index is 0. The molecule has 7 nitrogen and oxygen atoms in total. The van der Waals surface area contributed by atoms with Gasteiger partial charge < -0.3 is 25.3 Å². The number of halogens is 2. The van der Waals surface area contributed by atoms with E-state index >= 15 is 0 Å². The smallest absolute Gasteiger partial charge is 0.284 e. The quantitative estimate of drug-likeness (QED) is 0.362. The van der Waals surface area contributed by atoms with E-state index in [1.807, 2.05) is 31.2 Å². The Morgan fingerprint density at radius 1 is 1.21 bits per heavy atom. The molecule has 152 valence electrons. The number of aliphatic imine (C=N–C) groups is 1. The second-order valence-corrected chi connectivity index (χ2v) is 6.63. The van der Waals surface area contributed by atoms with Crippen molar-refractivity contribution in [2.24, 2.45) is 10.7 Å². The zero-order valence-corrected chi connectivity index (χ0v) is 18.8. The zero-order chi connectivity index (χ0) is 19.2. The zero-order valence-electron chi connectivity index (χ0n) is 15.7. The highest BCUT2D eigenvalue weighted by atomic mass is 127.